The molecule has 4 heteroatoms. The van der Waals surface area contributed by atoms with Gasteiger partial charge in [0.25, 0.3) is 0 Å². The van der Waals surface area contributed by atoms with Crippen molar-refractivity contribution in [1.29, 1.82) is 0 Å². The van der Waals surface area contributed by atoms with Gasteiger partial charge in [0.2, 0.25) is 0 Å². The summed E-state index contributed by atoms with van der Waals surface area (Å²) < 4.78 is 14.4. The minimum absolute atomic E-state index is 0.383. The Labute approximate surface area is 102 Å². The van der Waals surface area contributed by atoms with E-state index in [1.165, 1.54) is 5.56 Å². The van der Waals surface area contributed by atoms with Gasteiger partial charge in [0.1, 0.15) is 0 Å². The average Bonchev–Trinajstić information content (AvgIpc) is 2.27. The third-order valence-corrected chi connectivity index (χ3v) is 3.58. The first-order valence-electron chi connectivity index (χ1n) is 5.22. The summed E-state index contributed by atoms with van der Waals surface area (Å²) >= 11 is 3.39. The van der Waals surface area contributed by atoms with Crippen LogP contribution in [-0.4, -0.2) is 17.2 Å². The van der Waals surface area contributed by atoms with Gasteiger partial charge in [-0.1, -0.05) is 22.0 Å². The average molecular weight is 287 g/mol. The molecule has 2 rings (SSSR count). The number of alkyl halides is 1. The number of hydrogen-bond acceptors (Lipinski definition) is 1. The van der Waals surface area contributed by atoms with Crippen molar-refractivity contribution in [2.24, 2.45) is 5.92 Å². The molecule has 0 radical (unpaired) electrons. The second kappa shape index (κ2) is 4.53. The van der Waals surface area contributed by atoms with Crippen LogP contribution in [0.4, 0.5) is 4.39 Å². The first-order chi connectivity index (χ1) is 7.58. The van der Waals surface area contributed by atoms with Crippen molar-refractivity contribution >= 4 is 21.9 Å². The number of carboxylic acid groups (broad SMARTS) is 1. The van der Waals surface area contributed by atoms with Crippen molar-refractivity contribution in [2.45, 2.75) is 25.4 Å². The fourth-order valence-corrected chi connectivity index (χ4v) is 2.61. The van der Waals surface area contributed by atoms with Gasteiger partial charge in [0, 0.05) is 10.4 Å². The van der Waals surface area contributed by atoms with E-state index in [0.717, 1.165) is 16.5 Å². The maximum absolute atomic E-state index is 13.4. The Balaban J connectivity index is 2.18. The van der Waals surface area contributed by atoms with Crippen LogP contribution in [0.3, 0.4) is 0 Å². The zero-order valence-corrected chi connectivity index (χ0v) is 10.2. The van der Waals surface area contributed by atoms with Crippen LogP contribution in [0.1, 0.15) is 17.5 Å². The molecule has 1 aliphatic rings. The normalized spacial score (nSPS) is 21.2. The number of aliphatic carboxylic acids is 1. The van der Waals surface area contributed by atoms with E-state index in [4.69, 9.17) is 5.11 Å². The molecule has 0 fully saturated rings. The SMILES string of the molecule is O=C(O)C(F)C1CCc2cc(Br)ccc2C1. The van der Waals surface area contributed by atoms with E-state index in [2.05, 4.69) is 15.9 Å². The largest absolute Gasteiger partial charge is 0.479 e. The van der Waals surface area contributed by atoms with E-state index in [-0.39, 0.29) is 5.92 Å². The highest BCUT2D eigenvalue weighted by Gasteiger charge is 2.30. The number of hydrogen-bond donors (Lipinski definition) is 1. The third kappa shape index (κ3) is 2.26. The van der Waals surface area contributed by atoms with E-state index in [1.54, 1.807) is 0 Å². The highest BCUT2D eigenvalue weighted by molar-refractivity contribution is 9.10. The monoisotopic (exact) mass is 286 g/mol. The molecule has 1 aromatic carbocycles. The lowest BCUT2D eigenvalue weighted by molar-refractivity contribution is -0.145. The van der Waals surface area contributed by atoms with Crippen LogP contribution in [0.2, 0.25) is 0 Å². The smallest absolute Gasteiger partial charge is 0.338 e. The van der Waals surface area contributed by atoms with E-state index in [9.17, 15) is 9.18 Å². The van der Waals surface area contributed by atoms with Crippen molar-refractivity contribution in [3.05, 3.63) is 33.8 Å². The van der Waals surface area contributed by atoms with Gasteiger partial charge in [-0.15, -0.1) is 0 Å². The van der Waals surface area contributed by atoms with Gasteiger partial charge < -0.3 is 5.11 Å². The number of halogens is 2. The molecule has 16 heavy (non-hydrogen) atoms. The zero-order valence-electron chi connectivity index (χ0n) is 8.62. The molecule has 2 unspecified atom stereocenters. The number of carboxylic acids is 1. The van der Waals surface area contributed by atoms with Gasteiger partial charge in [-0.2, -0.15) is 0 Å². The molecular weight excluding hydrogens is 275 g/mol. The molecule has 2 nitrogen and oxygen atoms in total. The standard InChI is InChI=1S/C12H12BrFO2/c13-10-4-3-7-5-9(11(14)12(15)16)2-1-8(7)6-10/h3-4,6,9,11H,1-2,5H2,(H,15,16). The van der Waals surface area contributed by atoms with E-state index < -0.39 is 12.1 Å². The summed E-state index contributed by atoms with van der Waals surface area (Å²) in [7, 11) is 0. The number of carbonyl (C=O) groups is 1. The first-order valence-corrected chi connectivity index (χ1v) is 6.01. The Hall–Kier alpha value is -0.900. The minimum atomic E-state index is -1.74. The predicted octanol–water partition coefficient (Wildman–Crippen LogP) is 2.98. The Bertz CT molecular complexity index is 419. The maximum Gasteiger partial charge on any atom is 0.338 e. The summed E-state index contributed by atoms with van der Waals surface area (Å²) in [6.45, 7) is 0. The molecule has 0 bridgehead atoms. The van der Waals surface area contributed by atoms with Gasteiger partial charge >= 0.3 is 5.97 Å². The molecule has 86 valence electrons. The molecule has 0 aliphatic heterocycles. The highest BCUT2D eigenvalue weighted by Crippen LogP contribution is 2.30. The predicted molar refractivity (Wildman–Crippen MR) is 62.2 cm³/mol. The second-order valence-corrected chi connectivity index (χ2v) is 5.07. The van der Waals surface area contributed by atoms with Crippen molar-refractivity contribution in [1.82, 2.24) is 0 Å². The number of benzene rings is 1. The number of fused-ring (bicyclic) bond motifs is 1. The summed E-state index contributed by atoms with van der Waals surface area (Å²) in [4.78, 5) is 10.6. The van der Waals surface area contributed by atoms with Crippen LogP contribution in [0, 0.1) is 5.92 Å². The van der Waals surface area contributed by atoms with Crippen LogP contribution < -0.4 is 0 Å². The summed E-state index contributed by atoms with van der Waals surface area (Å²) in [5, 5.41) is 8.64. The van der Waals surface area contributed by atoms with Crippen molar-refractivity contribution in [3.63, 3.8) is 0 Å². The molecule has 0 heterocycles. The molecule has 1 aromatic rings. The molecule has 0 saturated carbocycles. The van der Waals surface area contributed by atoms with Crippen LogP contribution in [0.25, 0.3) is 0 Å². The van der Waals surface area contributed by atoms with E-state index in [1.807, 2.05) is 18.2 Å². The van der Waals surface area contributed by atoms with Crippen LogP contribution in [0.5, 0.6) is 0 Å². The molecule has 1 N–H and O–H groups in total. The van der Waals surface area contributed by atoms with Gasteiger partial charge in [-0.05, 0) is 42.5 Å². The summed E-state index contributed by atoms with van der Waals surface area (Å²) in [5.74, 6) is -1.73. The lowest BCUT2D eigenvalue weighted by Gasteiger charge is -2.25. The lowest BCUT2D eigenvalue weighted by Crippen LogP contribution is -2.29. The van der Waals surface area contributed by atoms with Crippen molar-refractivity contribution < 1.29 is 14.3 Å². The summed E-state index contributed by atoms with van der Waals surface area (Å²) in [6, 6.07) is 5.88. The minimum Gasteiger partial charge on any atom is -0.479 e. The molecular formula is C12H12BrFO2. The fourth-order valence-electron chi connectivity index (χ4n) is 2.20. The van der Waals surface area contributed by atoms with Crippen LogP contribution in [-0.2, 0) is 17.6 Å². The molecule has 0 saturated heterocycles. The van der Waals surface area contributed by atoms with Crippen molar-refractivity contribution in [3.8, 4) is 0 Å². The maximum atomic E-state index is 13.4. The Morgan fingerprint density at radius 2 is 2.25 bits per heavy atom. The quantitative estimate of drug-likeness (QED) is 0.908. The molecule has 0 spiro atoms. The van der Waals surface area contributed by atoms with Gasteiger partial charge in [0.05, 0.1) is 0 Å². The molecule has 2 atom stereocenters. The second-order valence-electron chi connectivity index (χ2n) is 4.16. The van der Waals surface area contributed by atoms with Gasteiger partial charge in [-0.25, -0.2) is 9.18 Å². The van der Waals surface area contributed by atoms with Crippen LogP contribution >= 0.6 is 15.9 Å². The Kier molecular flexibility index (Phi) is 3.28. The van der Waals surface area contributed by atoms with E-state index in [0.29, 0.717) is 12.8 Å². The highest BCUT2D eigenvalue weighted by atomic mass is 79.9. The molecule has 0 aromatic heterocycles. The Morgan fingerprint density at radius 3 is 2.94 bits per heavy atom. The lowest BCUT2D eigenvalue weighted by atomic mass is 9.81. The number of aryl methyl sites for hydroxylation is 1. The summed E-state index contributed by atoms with van der Waals surface area (Å²) in [6.07, 6.45) is 0.150. The van der Waals surface area contributed by atoms with Gasteiger partial charge in [0.15, 0.2) is 6.17 Å². The third-order valence-electron chi connectivity index (χ3n) is 3.08. The van der Waals surface area contributed by atoms with Crippen LogP contribution in [0.15, 0.2) is 22.7 Å². The molecule has 1 aliphatic carbocycles. The first kappa shape index (κ1) is 11.6. The molecule has 0 amide bonds. The topological polar surface area (TPSA) is 37.3 Å². The van der Waals surface area contributed by atoms with E-state index >= 15 is 0 Å². The fraction of sp³-hybridized carbons (Fsp3) is 0.417. The number of rotatable bonds is 2. The van der Waals surface area contributed by atoms with Crippen molar-refractivity contribution in [2.75, 3.05) is 0 Å². The Morgan fingerprint density at radius 1 is 1.50 bits per heavy atom. The zero-order chi connectivity index (χ0) is 11.7. The van der Waals surface area contributed by atoms with Gasteiger partial charge in [-0.3, -0.25) is 0 Å². The summed E-state index contributed by atoms with van der Waals surface area (Å²) in [5.41, 5.74) is 2.27.